The Labute approximate surface area is 460 Å². The maximum atomic E-state index is 12.9. The third kappa shape index (κ3) is 59.5. The molecule has 0 radical (unpaired) electrons. The average molecular weight is 1030 g/mol. The molecular weight excluding hydrogens is 925 g/mol. The Morgan fingerprint density at radius 2 is 0.547 bits per heavy atom. The van der Waals surface area contributed by atoms with E-state index in [-0.39, 0.29) is 44.0 Å². The Bertz CT molecular complexity index is 1750. The number of carbonyl (C=O) groups is 3. The molecule has 6 heteroatoms. The molecule has 0 N–H and O–H groups in total. The van der Waals surface area contributed by atoms with Gasteiger partial charge in [0.25, 0.3) is 0 Å². The van der Waals surface area contributed by atoms with Gasteiger partial charge in [-0.1, -0.05) is 229 Å². The Morgan fingerprint density at radius 1 is 0.280 bits per heavy atom. The molecule has 0 aliphatic heterocycles. The molecule has 0 aliphatic rings. The van der Waals surface area contributed by atoms with E-state index in [4.69, 9.17) is 14.2 Å². The van der Waals surface area contributed by atoms with Crippen molar-refractivity contribution in [3.05, 3.63) is 170 Å². The lowest BCUT2D eigenvalue weighted by molar-refractivity contribution is -0.166. The van der Waals surface area contributed by atoms with Crippen molar-refractivity contribution in [2.45, 2.75) is 232 Å². The van der Waals surface area contributed by atoms with Crippen LogP contribution in [0.3, 0.4) is 0 Å². The molecule has 6 nitrogen and oxygen atoms in total. The number of hydrogen-bond acceptors (Lipinski definition) is 6. The Kier molecular flexibility index (Phi) is 57.0. The average Bonchev–Trinajstić information content (AvgIpc) is 3.41. The van der Waals surface area contributed by atoms with E-state index < -0.39 is 6.10 Å². The molecule has 0 heterocycles. The second-order valence-electron chi connectivity index (χ2n) is 18.8. The molecule has 418 valence electrons. The van der Waals surface area contributed by atoms with Crippen LogP contribution in [0.25, 0.3) is 0 Å². The molecule has 0 saturated carbocycles. The van der Waals surface area contributed by atoms with E-state index in [9.17, 15) is 14.4 Å². The van der Waals surface area contributed by atoms with Gasteiger partial charge in [0.05, 0.1) is 0 Å². The van der Waals surface area contributed by atoms with Gasteiger partial charge in [-0.3, -0.25) is 14.4 Å². The van der Waals surface area contributed by atoms with Crippen LogP contribution in [0, 0.1) is 0 Å². The highest BCUT2D eigenvalue weighted by atomic mass is 16.6. The quantitative estimate of drug-likeness (QED) is 0.0261. The van der Waals surface area contributed by atoms with Gasteiger partial charge >= 0.3 is 17.9 Å². The highest BCUT2D eigenvalue weighted by Crippen LogP contribution is 2.11. The van der Waals surface area contributed by atoms with Crippen LogP contribution >= 0.6 is 0 Å². The van der Waals surface area contributed by atoms with Crippen LogP contribution in [0.1, 0.15) is 226 Å². The molecule has 0 aromatic carbocycles. The van der Waals surface area contributed by atoms with Crippen LogP contribution in [0.4, 0.5) is 0 Å². The zero-order chi connectivity index (χ0) is 54.3. The van der Waals surface area contributed by atoms with Crippen LogP contribution in [0.2, 0.25) is 0 Å². The Morgan fingerprint density at radius 3 is 0.867 bits per heavy atom. The topological polar surface area (TPSA) is 78.9 Å². The molecule has 1 atom stereocenters. The van der Waals surface area contributed by atoms with Gasteiger partial charge in [0.2, 0.25) is 0 Å². The highest BCUT2D eigenvalue weighted by Gasteiger charge is 2.19. The predicted octanol–water partition coefficient (Wildman–Crippen LogP) is 20.3. The molecule has 0 aromatic heterocycles. The standard InChI is InChI=1S/C69H106O6/c1-4-7-10-13-16-19-22-25-28-31-34-37-40-43-46-49-52-55-58-61-67(70)73-64-66(75-69(72)63-60-57-54-51-48-45-42-39-36-33-30-27-24-21-18-15-12-9-6-3)65-74-68(71)62-59-56-53-50-47-44-41-38-35-32-29-26-23-20-17-14-11-8-5-2/h7,10,16-21,25-30,34-39,43-48,52,55,66H,4-6,8-9,11-15,22-24,31-33,40-42,49-51,53-54,56-65H2,1-3H3/b10-7-,19-16-,20-17-,21-18-,28-25-,29-26-,30-27-,37-34-,38-35-,39-36-,46-43-,47-44-,48-45-,55-52-/t66-/m1/s1. The maximum absolute atomic E-state index is 12.9. The fraction of sp³-hybridized carbons (Fsp3) is 0.551. The molecule has 0 rings (SSSR count). The number of carbonyl (C=O) groups excluding carboxylic acids is 3. The lowest BCUT2D eigenvalue weighted by Crippen LogP contribution is -2.30. The van der Waals surface area contributed by atoms with E-state index in [1.54, 1.807) is 0 Å². The minimum Gasteiger partial charge on any atom is -0.462 e. The van der Waals surface area contributed by atoms with Crippen LogP contribution in [-0.2, 0) is 28.6 Å². The van der Waals surface area contributed by atoms with Crippen LogP contribution < -0.4 is 0 Å². The monoisotopic (exact) mass is 1030 g/mol. The molecule has 0 amide bonds. The van der Waals surface area contributed by atoms with Gasteiger partial charge in [-0.15, -0.1) is 0 Å². The fourth-order valence-electron chi connectivity index (χ4n) is 7.26. The van der Waals surface area contributed by atoms with Crippen molar-refractivity contribution in [2.75, 3.05) is 13.2 Å². The van der Waals surface area contributed by atoms with Crippen molar-refractivity contribution in [3.8, 4) is 0 Å². The molecule has 0 aromatic rings. The van der Waals surface area contributed by atoms with Gasteiger partial charge in [-0.2, -0.15) is 0 Å². The first kappa shape index (κ1) is 69.8. The number of unbranched alkanes of at least 4 members (excludes halogenated alkanes) is 12. The third-order valence-corrected chi connectivity index (χ3v) is 11.7. The highest BCUT2D eigenvalue weighted by molar-refractivity contribution is 5.71. The SMILES string of the molecule is CC/C=C\C/C=C\C/C=C\C/C=C\C/C=C\C/C=C\CCC(=O)OC[C@H](COC(=O)CCCCC/C=C\C/C=C\C/C=C\C/C=C\CCCCC)OC(=O)CCCCC/C=C\C/C=C\C/C=C\C/C=C\CCCCC. The van der Waals surface area contributed by atoms with Crippen molar-refractivity contribution >= 4 is 17.9 Å². The lowest BCUT2D eigenvalue weighted by atomic mass is 10.1. The summed E-state index contributed by atoms with van der Waals surface area (Å²) in [6.07, 6.45) is 90.6. The zero-order valence-corrected chi connectivity index (χ0v) is 47.7. The van der Waals surface area contributed by atoms with Gasteiger partial charge in [0.15, 0.2) is 6.10 Å². The van der Waals surface area contributed by atoms with Gasteiger partial charge in [0.1, 0.15) is 13.2 Å². The third-order valence-electron chi connectivity index (χ3n) is 11.7. The van der Waals surface area contributed by atoms with E-state index in [1.165, 1.54) is 51.4 Å². The largest absolute Gasteiger partial charge is 0.462 e. The van der Waals surface area contributed by atoms with E-state index in [1.807, 2.05) is 12.2 Å². The maximum Gasteiger partial charge on any atom is 0.306 e. The van der Waals surface area contributed by atoms with E-state index in [0.717, 1.165) is 122 Å². The summed E-state index contributed by atoms with van der Waals surface area (Å²) in [7, 11) is 0. The van der Waals surface area contributed by atoms with E-state index in [2.05, 4.69) is 179 Å². The summed E-state index contributed by atoms with van der Waals surface area (Å²) in [5.41, 5.74) is 0. The molecule has 0 fully saturated rings. The number of ether oxygens (including phenoxy) is 3. The molecule has 0 unspecified atom stereocenters. The van der Waals surface area contributed by atoms with Crippen molar-refractivity contribution in [1.29, 1.82) is 0 Å². The Hall–Kier alpha value is -5.23. The van der Waals surface area contributed by atoms with E-state index in [0.29, 0.717) is 19.3 Å². The van der Waals surface area contributed by atoms with Gasteiger partial charge in [-0.25, -0.2) is 0 Å². The minimum atomic E-state index is -0.850. The summed E-state index contributed by atoms with van der Waals surface area (Å²) in [5, 5.41) is 0. The van der Waals surface area contributed by atoms with Gasteiger partial charge in [0, 0.05) is 19.3 Å². The van der Waals surface area contributed by atoms with Gasteiger partial charge < -0.3 is 14.2 Å². The van der Waals surface area contributed by atoms with Crippen LogP contribution in [0.5, 0.6) is 0 Å². The summed E-state index contributed by atoms with van der Waals surface area (Å²) in [6, 6.07) is 0. The summed E-state index contributed by atoms with van der Waals surface area (Å²) in [4.78, 5) is 38.2. The number of allylic oxidation sites excluding steroid dienone is 28. The first-order chi connectivity index (χ1) is 37.0. The first-order valence-electron chi connectivity index (χ1n) is 29.6. The van der Waals surface area contributed by atoms with Crippen molar-refractivity contribution in [1.82, 2.24) is 0 Å². The minimum absolute atomic E-state index is 0.140. The predicted molar refractivity (Wildman–Crippen MR) is 325 cm³/mol. The van der Waals surface area contributed by atoms with E-state index >= 15 is 0 Å². The fourth-order valence-corrected chi connectivity index (χ4v) is 7.26. The molecule has 0 aliphatic carbocycles. The normalized spacial score (nSPS) is 13.4. The summed E-state index contributed by atoms with van der Waals surface area (Å²) in [6.45, 7) is 6.33. The second kappa shape index (κ2) is 61.3. The lowest BCUT2D eigenvalue weighted by Gasteiger charge is -2.18. The van der Waals surface area contributed by atoms with Gasteiger partial charge in [-0.05, 0) is 148 Å². The van der Waals surface area contributed by atoms with Crippen molar-refractivity contribution < 1.29 is 28.6 Å². The molecule has 0 saturated heterocycles. The molecule has 0 spiro atoms. The number of esters is 3. The Balaban J connectivity index is 4.66. The number of rotatable bonds is 51. The number of hydrogen-bond donors (Lipinski definition) is 0. The molecular formula is C69H106O6. The zero-order valence-electron chi connectivity index (χ0n) is 47.7. The van der Waals surface area contributed by atoms with Crippen LogP contribution in [-0.4, -0.2) is 37.2 Å². The second-order valence-corrected chi connectivity index (χ2v) is 18.8. The summed E-state index contributed by atoms with van der Waals surface area (Å²) < 4.78 is 16.8. The smallest absolute Gasteiger partial charge is 0.306 e. The summed E-state index contributed by atoms with van der Waals surface area (Å²) >= 11 is 0. The molecule has 0 bridgehead atoms. The summed E-state index contributed by atoms with van der Waals surface area (Å²) in [5.74, 6) is -1.10. The van der Waals surface area contributed by atoms with Crippen molar-refractivity contribution in [2.24, 2.45) is 0 Å². The molecule has 75 heavy (non-hydrogen) atoms. The van der Waals surface area contributed by atoms with Crippen LogP contribution in [0.15, 0.2) is 170 Å². The first-order valence-corrected chi connectivity index (χ1v) is 29.6. The van der Waals surface area contributed by atoms with Crippen molar-refractivity contribution in [3.63, 3.8) is 0 Å².